The second-order valence-electron chi connectivity index (χ2n) is 10.4. The van der Waals surface area contributed by atoms with E-state index in [1.807, 2.05) is 18.9 Å². The highest BCUT2D eigenvalue weighted by Gasteiger charge is 2.25. The van der Waals surface area contributed by atoms with E-state index < -0.39 is 0 Å². The Morgan fingerprint density at radius 1 is 0.925 bits per heavy atom. The SMILES string of the molecule is CCCCN(C)C(=O)CCCCCCCN(C(C)=O)c1c(C)n(C(=O)c2ccc(OC)cc2)c2ccc(O)cc12. The molecule has 40 heavy (non-hydrogen) atoms. The summed E-state index contributed by atoms with van der Waals surface area (Å²) in [5.74, 6) is 0.588. The number of hydrogen-bond donors (Lipinski definition) is 1. The number of phenolic OH excluding ortho intramolecular Hbond substituents is 1. The van der Waals surface area contributed by atoms with Crippen LogP contribution >= 0.6 is 0 Å². The van der Waals surface area contributed by atoms with E-state index in [4.69, 9.17) is 4.74 Å². The molecule has 1 N–H and O–H groups in total. The van der Waals surface area contributed by atoms with Crippen LogP contribution in [-0.2, 0) is 9.59 Å². The Bertz CT molecular complexity index is 1310. The zero-order valence-electron chi connectivity index (χ0n) is 24.5. The number of methoxy groups -OCH3 is 1. The van der Waals surface area contributed by atoms with Crippen LogP contribution in [0.1, 0.15) is 81.3 Å². The number of carbonyl (C=O) groups is 3. The summed E-state index contributed by atoms with van der Waals surface area (Å²) in [6.45, 7) is 6.79. The lowest BCUT2D eigenvalue weighted by Crippen LogP contribution is -2.30. The zero-order chi connectivity index (χ0) is 29.2. The molecule has 2 aromatic carbocycles. The Morgan fingerprint density at radius 2 is 1.60 bits per heavy atom. The molecule has 0 unspecified atom stereocenters. The van der Waals surface area contributed by atoms with Crippen LogP contribution in [0.25, 0.3) is 10.9 Å². The molecule has 0 aliphatic carbocycles. The van der Waals surface area contributed by atoms with Gasteiger partial charge >= 0.3 is 0 Å². The Hall–Kier alpha value is -3.81. The molecule has 1 aromatic heterocycles. The van der Waals surface area contributed by atoms with Gasteiger partial charge in [0.15, 0.2) is 0 Å². The van der Waals surface area contributed by atoms with E-state index in [1.54, 1.807) is 59.0 Å². The number of anilines is 1. The van der Waals surface area contributed by atoms with Crippen molar-refractivity contribution in [2.24, 2.45) is 0 Å². The van der Waals surface area contributed by atoms with Gasteiger partial charge in [0.2, 0.25) is 11.8 Å². The predicted molar refractivity (Wildman–Crippen MR) is 159 cm³/mol. The molecule has 8 nitrogen and oxygen atoms in total. The van der Waals surface area contributed by atoms with Crippen molar-refractivity contribution in [2.45, 2.75) is 72.1 Å². The minimum absolute atomic E-state index is 0.0705. The average molecular weight is 550 g/mol. The molecule has 8 heteroatoms. The fourth-order valence-electron chi connectivity index (χ4n) is 5.07. The van der Waals surface area contributed by atoms with Crippen LogP contribution in [0.2, 0.25) is 0 Å². The van der Waals surface area contributed by atoms with E-state index >= 15 is 0 Å². The van der Waals surface area contributed by atoms with Gasteiger partial charge in [-0.25, -0.2) is 0 Å². The molecular weight excluding hydrogens is 506 g/mol. The predicted octanol–water partition coefficient (Wildman–Crippen LogP) is 6.30. The van der Waals surface area contributed by atoms with Crippen molar-refractivity contribution in [1.29, 1.82) is 0 Å². The number of rotatable bonds is 14. The quantitative estimate of drug-likeness (QED) is 0.238. The minimum Gasteiger partial charge on any atom is -0.508 e. The number of benzene rings is 2. The Morgan fingerprint density at radius 3 is 2.25 bits per heavy atom. The van der Waals surface area contributed by atoms with Crippen molar-refractivity contribution >= 4 is 34.3 Å². The van der Waals surface area contributed by atoms with Gasteiger partial charge in [0.1, 0.15) is 11.5 Å². The van der Waals surface area contributed by atoms with Crippen LogP contribution < -0.4 is 9.64 Å². The number of fused-ring (bicyclic) bond motifs is 1. The summed E-state index contributed by atoms with van der Waals surface area (Å²) >= 11 is 0. The van der Waals surface area contributed by atoms with Gasteiger partial charge in [-0.2, -0.15) is 0 Å². The minimum atomic E-state index is -0.222. The zero-order valence-corrected chi connectivity index (χ0v) is 24.5. The van der Waals surface area contributed by atoms with E-state index in [1.165, 1.54) is 6.92 Å². The molecule has 0 aliphatic heterocycles. The molecule has 0 fully saturated rings. The van der Waals surface area contributed by atoms with E-state index in [0.29, 0.717) is 46.6 Å². The van der Waals surface area contributed by atoms with E-state index in [2.05, 4.69) is 6.92 Å². The normalized spacial score (nSPS) is 11.0. The number of hydrogen-bond acceptors (Lipinski definition) is 5. The molecular formula is C32H43N3O5. The first kappa shape index (κ1) is 30.7. The van der Waals surface area contributed by atoms with Crippen LogP contribution in [0.5, 0.6) is 11.5 Å². The third-order valence-corrected chi connectivity index (χ3v) is 7.39. The topological polar surface area (TPSA) is 92.1 Å². The van der Waals surface area contributed by atoms with Crippen LogP contribution in [0, 0.1) is 6.92 Å². The molecule has 0 saturated carbocycles. The van der Waals surface area contributed by atoms with Crippen molar-refractivity contribution in [1.82, 2.24) is 9.47 Å². The molecule has 0 bridgehead atoms. The molecule has 0 radical (unpaired) electrons. The molecule has 0 saturated heterocycles. The number of nitrogens with zero attached hydrogens (tertiary/aromatic N) is 3. The second-order valence-corrected chi connectivity index (χ2v) is 10.4. The Balaban J connectivity index is 1.71. The van der Waals surface area contributed by atoms with Crippen molar-refractivity contribution in [3.8, 4) is 11.5 Å². The van der Waals surface area contributed by atoms with Crippen molar-refractivity contribution in [2.75, 3.05) is 32.1 Å². The molecule has 0 spiro atoms. The maximum atomic E-state index is 13.6. The average Bonchev–Trinajstić information content (AvgIpc) is 3.22. The largest absolute Gasteiger partial charge is 0.508 e. The fraction of sp³-hybridized carbons (Fsp3) is 0.469. The monoisotopic (exact) mass is 549 g/mol. The fourth-order valence-corrected chi connectivity index (χ4v) is 5.07. The molecule has 216 valence electrons. The van der Waals surface area contributed by atoms with Gasteiger partial charge in [0.25, 0.3) is 5.91 Å². The lowest BCUT2D eigenvalue weighted by molar-refractivity contribution is -0.130. The lowest BCUT2D eigenvalue weighted by atomic mass is 10.1. The van der Waals surface area contributed by atoms with Crippen LogP contribution in [0.15, 0.2) is 42.5 Å². The number of ether oxygens (including phenoxy) is 1. The number of unbranched alkanes of at least 4 members (excludes halogenated alkanes) is 5. The van der Waals surface area contributed by atoms with Crippen molar-refractivity contribution in [3.05, 3.63) is 53.7 Å². The first-order chi connectivity index (χ1) is 19.2. The summed E-state index contributed by atoms with van der Waals surface area (Å²) in [7, 11) is 3.45. The van der Waals surface area contributed by atoms with Gasteiger partial charge < -0.3 is 19.6 Å². The van der Waals surface area contributed by atoms with Crippen molar-refractivity contribution < 1.29 is 24.2 Å². The molecule has 3 rings (SSSR count). The number of amides is 2. The number of aromatic hydroxyl groups is 1. The molecule has 2 amide bonds. The smallest absolute Gasteiger partial charge is 0.262 e. The highest BCUT2D eigenvalue weighted by molar-refractivity contribution is 6.11. The summed E-state index contributed by atoms with van der Waals surface area (Å²) in [5, 5.41) is 10.9. The van der Waals surface area contributed by atoms with E-state index in [-0.39, 0.29) is 23.5 Å². The maximum Gasteiger partial charge on any atom is 0.262 e. The standard InChI is InChI=1S/C32H43N3O5/c1-6-7-20-33(4)30(38)13-11-9-8-10-12-21-34(24(3)36)31-23(2)35(29-19-16-26(37)22-28(29)31)32(39)25-14-17-27(40-5)18-15-25/h14-19,22,37H,6-13,20-21H2,1-5H3. The molecule has 0 atom stereocenters. The van der Waals surface area contributed by atoms with Gasteiger partial charge in [-0.3, -0.25) is 19.0 Å². The van der Waals surface area contributed by atoms with Gasteiger partial charge in [0.05, 0.1) is 18.3 Å². The third-order valence-electron chi connectivity index (χ3n) is 7.39. The number of carbonyl (C=O) groups excluding carboxylic acids is 3. The molecule has 0 aliphatic rings. The van der Waals surface area contributed by atoms with E-state index in [9.17, 15) is 19.5 Å². The lowest BCUT2D eigenvalue weighted by Gasteiger charge is -2.22. The summed E-state index contributed by atoms with van der Waals surface area (Å²) in [4.78, 5) is 42.2. The van der Waals surface area contributed by atoms with Gasteiger partial charge in [-0.15, -0.1) is 0 Å². The molecule has 1 heterocycles. The first-order valence-electron chi connectivity index (χ1n) is 14.2. The van der Waals surface area contributed by atoms with Crippen molar-refractivity contribution in [3.63, 3.8) is 0 Å². The number of phenols is 1. The second kappa shape index (κ2) is 14.5. The summed E-state index contributed by atoms with van der Waals surface area (Å²) in [5.41, 5.74) is 2.40. The summed E-state index contributed by atoms with van der Waals surface area (Å²) in [6, 6.07) is 11.8. The van der Waals surface area contributed by atoms with Crippen LogP contribution in [0.4, 0.5) is 5.69 Å². The molecule has 3 aromatic rings. The highest BCUT2D eigenvalue weighted by Crippen LogP contribution is 2.37. The Kier molecular flexibility index (Phi) is 11.2. The first-order valence-corrected chi connectivity index (χ1v) is 14.2. The van der Waals surface area contributed by atoms with Crippen LogP contribution in [-0.4, -0.2) is 59.5 Å². The summed E-state index contributed by atoms with van der Waals surface area (Å²) < 4.78 is 6.83. The van der Waals surface area contributed by atoms with Gasteiger partial charge in [0, 0.05) is 50.1 Å². The third kappa shape index (κ3) is 7.43. The van der Waals surface area contributed by atoms with Gasteiger partial charge in [-0.05, 0) is 68.7 Å². The summed E-state index contributed by atoms with van der Waals surface area (Å²) in [6.07, 6.45) is 7.22. The van der Waals surface area contributed by atoms with Gasteiger partial charge in [-0.1, -0.05) is 32.6 Å². The number of aromatic nitrogens is 1. The highest BCUT2D eigenvalue weighted by atomic mass is 16.5. The maximum absolute atomic E-state index is 13.6. The Labute approximate surface area is 237 Å². The van der Waals surface area contributed by atoms with E-state index in [0.717, 1.165) is 51.5 Å². The van der Waals surface area contributed by atoms with Crippen LogP contribution in [0.3, 0.4) is 0 Å².